The average molecular weight is 320 g/mol. The Kier molecular flexibility index (Phi) is 4.58. The van der Waals surface area contributed by atoms with Crippen molar-refractivity contribution in [3.63, 3.8) is 0 Å². The molecular formula is C11H12N8O4. The van der Waals surface area contributed by atoms with Crippen molar-refractivity contribution in [2.24, 2.45) is 11.7 Å². The first-order valence-electron chi connectivity index (χ1n) is 6.17. The third-order valence-corrected chi connectivity index (χ3v) is 2.94. The molecule has 0 aliphatic heterocycles. The number of hydrazine groups is 2. The van der Waals surface area contributed by atoms with Crippen LogP contribution < -0.4 is 22.5 Å². The highest BCUT2D eigenvalue weighted by Crippen LogP contribution is 2.19. The lowest BCUT2D eigenvalue weighted by atomic mass is 10.1. The molecule has 0 radical (unpaired) electrons. The normalized spacial score (nSPS) is 10.2. The molecule has 1 aromatic carbocycles. The standard InChI is InChI=1S/C11H12N8O4/c12-14-10(20)8-9(11(21)15-13)18(17-16-8)5-6-3-1-2-4-7(6)19(22)23/h1-4H,5,12-13H2,(H,14,20)(H,15,21). The van der Waals surface area contributed by atoms with Crippen LogP contribution >= 0.6 is 0 Å². The summed E-state index contributed by atoms with van der Waals surface area (Å²) in [6.45, 7) is -0.162. The van der Waals surface area contributed by atoms with Crippen molar-refractivity contribution in [1.82, 2.24) is 25.8 Å². The lowest BCUT2D eigenvalue weighted by molar-refractivity contribution is -0.385. The Morgan fingerprint density at radius 1 is 1.22 bits per heavy atom. The number of nitrogen functional groups attached to an aromatic ring is 2. The summed E-state index contributed by atoms with van der Waals surface area (Å²) in [5.41, 5.74) is 3.17. The van der Waals surface area contributed by atoms with Gasteiger partial charge in [-0.15, -0.1) is 5.10 Å². The van der Waals surface area contributed by atoms with Gasteiger partial charge in [-0.25, -0.2) is 16.4 Å². The molecule has 2 aromatic rings. The topological polar surface area (TPSA) is 184 Å². The van der Waals surface area contributed by atoms with Crippen LogP contribution in [-0.4, -0.2) is 31.7 Å². The minimum atomic E-state index is -0.850. The zero-order valence-corrected chi connectivity index (χ0v) is 11.6. The van der Waals surface area contributed by atoms with Crippen molar-refractivity contribution in [3.8, 4) is 0 Å². The van der Waals surface area contributed by atoms with E-state index in [1.165, 1.54) is 18.2 Å². The van der Waals surface area contributed by atoms with Gasteiger partial charge in [0, 0.05) is 6.07 Å². The van der Waals surface area contributed by atoms with Gasteiger partial charge in [-0.1, -0.05) is 23.4 Å². The molecule has 120 valence electrons. The summed E-state index contributed by atoms with van der Waals surface area (Å²) in [7, 11) is 0. The number of nitrogens with zero attached hydrogens (tertiary/aromatic N) is 4. The molecule has 6 N–H and O–H groups in total. The van der Waals surface area contributed by atoms with E-state index in [1.54, 1.807) is 6.07 Å². The molecule has 0 spiro atoms. The molecular weight excluding hydrogens is 308 g/mol. The average Bonchev–Trinajstić information content (AvgIpc) is 2.97. The number of nitrogens with two attached hydrogens (primary N) is 2. The van der Waals surface area contributed by atoms with Crippen LogP contribution in [0.1, 0.15) is 26.5 Å². The van der Waals surface area contributed by atoms with E-state index in [0.29, 0.717) is 0 Å². The Bertz CT molecular complexity index is 771. The van der Waals surface area contributed by atoms with Gasteiger partial charge in [0.05, 0.1) is 17.0 Å². The maximum atomic E-state index is 11.9. The number of nitrogens with one attached hydrogen (secondary N) is 2. The number of aromatic nitrogens is 3. The van der Waals surface area contributed by atoms with E-state index >= 15 is 0 Å². The molecule has 0 aliphatic rings. The highest BCUT2D eigenvalue weighted by molar-refractivity contribution is 6.04. The first-order valence-corrected chi connectivity index (χ1v) is 6.17. The van der Waals surface area contributed by atoms with Crippen LogP contribution in [0.25, 0.3) is 0 Å². The Balaban J connectivity index is 2.49. The molecule has 0 saturated heterocycles. The first kappa shape index (κ1) is 16.0. The quantitative estimate of drug-likeness (QED) is 0.220. The molecule has 1 aromatic heterocycles. The predicted octanol–water partition coefficient (Wildman–Crippen LogP) is -1.56. The van der Waals surface area contributed by atoms with Gasteiger partial charge in [0.25, 0.3) is 17.5 Å². The fourth-order valence-electron chi connectivity index (χ4n) is 1.92. The molecule has 0 atom stereocenters. The summed E-state index contributed by atoms with van der Waals surface area (Å²) in [5.74, 6) is 8.40. The largest absolute Gasteiger partial charge is 0.289 e. The summed E-state index contributed by atoms with van der Waals surface area (Å²) in [6.07, 6.45) is 0. The lowest BCUT2D eigenvalue weighted by Gasteiger charge is -2.07. The zero-order valence-electron chi connectivity index (χ0n) is 11.6. The predicted molar refractivity (Wildman–Crippen MR) is 75.5 cm³/mol. The molecule has 0 aliphatic carbocycles. The van der Waals surface area contributed by atoms with Crippen LogP contribution in [0.5, 0.6) is 0 Å². The van der Waals surface area contributed by atoms with Gasteiger partial charge < -0.3 is 0 Å². The second kappa shape index (κ2) is 6.59. The Morgan fingerprint density at radius 3 is 2.48 bits per heavy atom. The molecule has 1 heterocycles. The molecule has 12 nitrogen and oxygen atoms in total. The summed E-state index contributed by atoms with van der Waals surface area (Å²) in [6, 6.07) is 5.90. The summed E-state index contributed by atoms with van der Waals surface area (Å²) in [5, 5.41) is 18.2. The van der Waals surface area contributed by atoms with E-state index < -0.39 is 16.7 Å². The van der Waals surface area contributed by atoms with Gasteiger partial charge in [0.2, 0.25) is 0 Å². The molecule has 0 bridgehead atoms. The van der Waals surface area contributed by atoms with E-state index in [2.05, 4.69) is 10.3 Å². The van der Waals surface area contributed by atoms with Crippen LogP contribution in [-0.2, 0) is 6.54 Å². The maximum Gasteiger partial charge on any atom is 0.288 e. The van der Waals surface area contributed by atoms with Gasteiger partial charge in [-0.3, -0.25) is 30.6 Å². The number of nitro groups is 1. The lowest BCUT2D eigenvalue weighted by Crippen LogP contribution is -2.36. The summed E-state index contributed by atoms with van der Waals surface area (Å²) < 4.78 is 1.02. The van der Waals surface area contributed by atoms with Gasteiger partial charge in [-0.2, -0.15) is 0 Å². The number of para-hydroxylation sites is 1. The number of rotatable bonds is 5. The number of nitro benzene ring substituents is 1. The highest BCUT2D eigenvalue weighted by atomic mass is 16.6. The van der Waals surface area contributed by atoms with Crippen molar-refractivity contribution in [1.29, 1.82) is 0 Å². The van der Waals surface area contributed by atoms with Crippen molar-refractivity contribution in [2.75, 3.05) is 0 Å². The van der Waals surface area contributed by atoms with Crippen LogP contribution in [0.2, 0.25) is 0 Å². The Hall–Kier alpha value is -3.38. The van der Waals surface area contributed by atoms with Gasteiger partial charge >= 0.3 is 0 Å². The molecule has 12 heteroatoms. The highest BCUT2D eigenvalue weighted by Gasteiger charge is 2.26. The Labute approximate surface area is 128 Å². The summed E-state index contributed by atoms with van der Waals surface area (Å²) >= 11 is 0. The van der Waals surface area contributed by atoms with Gasteiger partial charge in [0.1, 0.15) is 0 Å². The molecule has 23 heavy (non-hydrogen) atoms. The number of carbonyl (C=O) groups is 2. The Morgan fingerprint density at radius 2 is 1.87 bits per heavy atom. The van der Waals surface area contributed by atoms with E-state index in [1.807, 2.05) is 10.9 Å². The molecule has 2 amide bonds. The van der Waals surface area contributed by atoms with Crippen LogP contribution in [0.4, 0.5) is 5.69 Å². The summed E-state index contributed by atoms with van der Waals surface area (Å²) in [4.78, 5) is 33.9. The number of hydrogen-bond acceptors (Lipinski definition) is 8. The van der Waals surface area contributed by atoms with Crippen molar-refractivity contribution < 1.29 is 14.5 Å². The SMILES string of the molecule is NNC(=O)c1nnn(Cc2ccccc2[N+](=O)[O-])c1C(=O)NN. The smallest absolute Gasteiger partial charge is 0.288 e. The van der Waals surface area contributed by atoms with Crippen molar-refractivity contribution >= 4 is 17.5 Å². The number of carbonyl (C=O) groups excluding carboxylic acids is 2. The fraction of sp³-hybridized carbons (Fsp3) is 0.0909. The maximum absolute atomic E-state index is 11.9. The van der Waals surface area contributed by atoms with Crippen molar-refractivity contribution in [2.45, 2.75) is 6.54 Å². The number of benzene rings is 1. The van der Waals surface area contributed by atoms with Crippen molar-refractivity contribution in [3.05, 3.63) is 51.3 Å². The van der Waals surface area contributed by atoms with E-state index in [4.69, 9.17) is 11.7 Å². The van der Waals surface area contributed by atoms with Gasteiger partial charge in [-0.05, 0) is 0 Å². The fourth-order valence-corrected chi connectivity index (χ4v) is 1.92. The van der Waals surface area contributed by atoms with Crippen LogP contribution in [0.3, 0.4) is 0 Å². The van der Waals surface area contributed by atoms with Gasteiger partial charge in [0.15, 0.2) is 11.4 Å². The number of hydrogen-bond donors (Lipinski definition) is 4. The van der Waals surface area contributed by atoms with E-state index in [0.717, 1.165) is 4.68 Å². The molecule has 2 rings (SSSR count). The monoisotopic (exact) mass is 320 g/mol. The van der Waals surface area contributed by atoms with E-state index in [-0.39, 0.29) is 29.2 Å². The van der Waals surface area contributed by atoms with E-state index in [9.17, 15) is 19.7 Å². The number of amides is 2. The second-order valence-corrected chi connectivity index (χ2v) is 4.28. The second-order valence-electron chi connectivity index (χ2n) is 4.28. The first-order chi connectivity index (χ1) is 11.0. The van der Waals surface area contributed by atoms with Crippen LogP contribution in [0.15, 0.2) is 24.3 Å². The third kappa shape index (κ3) is 3.12. The molecule has 0 unspecified atom stereocenters. The zero-order chi connectivity index (χ0) is 17.0. The van der Waals surface area contributed by atoms with Crippen LogP contribution in [0, 0.1) is 10.1 Å². The third-order valence-electron chi connectivity index (χ3n) is 2.94. The molecule has 0 fully saturated rings. The minimum Gasteiger partial charge on any atom is -0.289 e. The molecule has 0 saturated carbocycles. The minimum absolute atomic E-state index is 0.160.